The quantitative estimate of drug-likeness (QED) is 0.523. The number of carbonyl (C=O) groups excluding carboxylic acids is 1. The normalized spacial score (nSPS) is 16.2. The highest BCUT2D eigenvalue weighted by molar-refractivity contribution is 5.98. The molecule has 3 aromatic heterocycles. The average Bonchev–Trinajstić information content (AvgIpc) is 3.45. The number of rotatable bonds is 6. The first-order chi connectivity index (χ1) is 16.0. The molecule has 10 heteroatoms. The molecule has 2 aliphatic carbocycles. The van der Waals surface area contributed by atoms with Gasteiger partial charge in [-0.3, -0.25) is 9.59 Å². The van der Waals surface area contributed by atoms with Crippen LogP contribution in [-0.4, -0.2) is 45.3 Å². The number of primary amides is 1. The molecule has 0 unspecified atom stereocenters. The lowest BCUT2D eigenvalue weighted by Gasteiger charge is -2.27. The second-order valence-electron chi connectivity index (χ2n) is 8.42. The Morgan fingerprint density at radius 1 is 1.21 bits per heavy atom. The smallest absolute Gasteiger partial charge is 0.274 e. The summed E-state index contributed by atoms with van der Waals surface area (Å²) in [6, 6.07) is 5.54. The molecule has 2 aliphatic rings. The molecular formula is C23H31N7O3. The van der Waals surface area contributed by atoms with Crippen molar-refractivity contribution in [1.29, 1.82) is 0 Å². The first-order valence-corrected chi connectivity index (χ1v) is 11.4. The molecule has 3 aromatic rings. The topological polar surface area (TPSA) is 129 Å². The lowest BCUT2D eigenvalue weighted by atomic mass is 9.93. The minimum atomic E-state index is -0.612. The molecule has 5 rings (SSSR count). The Morgan fingerprint density at radius 3 is 2.55 bits per heavy atom. The van der Waals surface area contributed by atoms with Gasteiger partial charge in [-0.2, -0.15) is 9.61 Å². The predicted octanol–water partition coefficient (Wildman–Crippen LogP) is 3.08. The number of fused-ring (bicyclic) bond motifs is 1. The van der Waals surface area contributed by atoms with E-state index in [0.29, 0.717) is 29.1 Å². The van der Waals surface area contributed by atoms with Crippen molar-refractivity contribution in [3.8, 4) is 0 Å². The van der Waals surface area contributed by atoms with Crippen LogP contribution in [0.3, 0.4) is 0 Å². The number of anilines is 3. The van der Waals surface area contributed by atoms with Crippen molar-refractivity contribution in [3.05, 3.63) is 46.5 Å². The number of nitrogens with zero attached hydrogens (tertiary/aromatic N) is 4. The summed E-state index contributed by atoms with van der Waals surface area (Å²) in [5.41, 5.74) is 6.27. The van der Waals surface area contributed by atoms with E-state index in [1.807, 2.05) is 12.3 Å². The summed E-state index contributed by atoms with van der Waals surface area (Å²) < 4.78 is 8.36. The SMILES string of the molecule is CNc1cc(Nc2cccn(C3CCC3)c2=O)nc2c(C(N)=O)cnn12.COC1CCCC1. The van der Waals surface area contributed by atoms with Crippen LogP contribution in [0.4, 0.5) is 17.3 Å². The zero-order chi connectivity index (χ0) is 23.4. The monoisotopic (exact) mass is 453 g/mol. The Morgan fingerprint density at radius 2 is 1.97 bits per heavy atom. The van der Waals surface area contributed by atoms with Gasteiger partial charge in [0.15, 0.2) is 5.65 Å². The summed E-state index contributed by atoms with van der Waals surface area (Å²) in [5.74, 6) is 0.423. The predicted molar refractivity (Wildman–Crippen MR) is 127 cm³/mol. The van der Waals surface area contributed by atoms with E-state index in [1.165, 1.54) is 36.4 Å². The van der Waals surface area contributed by atoms with E-state index >= 15 is 0 Å². The van der Waals surface area contributed by atoms with Crippen molar-refractivity contribution in [3.63, 3.8) is 0 Å². The number of ether oxygens (including phenoxy) is 1. The van der Waals surface area contributed by atoms with Crippen molar-refractivity contribution in [2.45, 2.75) is 57.1 Å². The number of carbonyl (C=O) groups is 1. The van der Waals surface area contributed by atoms with Crippen molar-refractivity contribution in [2.24, 2.45) is 5.73 Å². The molecule has 4 N–H and O–H groups in total. The minimum Gasteiger partial charge on any atom is -0.381 e. The van der Waals surface area contributed by atoms with Crippen LogP contribution in [0.1, 0.15) is 61.3 Å². The van der Waals surface area contributed by atoms with Gasteiger partial charge in [-0.05, 0) is 44.2 Å². The zero-order valence-corrected chi connectivity index (χ0v) is 19.1. The summed E-state index contributed by atoms with van der Waals surface area (Å²) in [4.78, 5) is 28.7. The van der Waals surface area contributed by atoms with E-state index in [1.54, 1.807) is 30.9 Å². The Bertz CT molecular complexity index is 1180. The number of pyridine rings is 1. The molecule has 0 atom stereocenters. The summed E-state index contributed by atoms with van der Waals surface area (Å²) >= 11 is 0. The van der Waals surface area contributed by atoms with E-state index in [2.05, 4.69) is 20.7 Å². The summed E-state index contributed by atoms with van der Waals surface area (Å²) in [7, 11) is 3.53. The Labute approximate surface area is 192 Å². The van der Waals surface area contributed by atoms with E-state index in [-0.39, 0.29) is 17.2 Å². The summed E-state index contributed by atoms with van der Waals surface area (Å²) in [6.45, 7) is 0. The number of hydrogen-bond donors (Lipinski definition) is 3. The average molecular weight is 454 g/mol. The molecule has 2 fully saturated rings. The van der Waals surface area contributed by atoms with Crippen LogP contribution >= 0.6 is 0 Å². The third-order valence-electron chi connectivity index (χ3n) is 6.33. The van der Waals surface area contributed by atoms with Crippen molar-refractivity contribution >= 4 is 28.9 Å². The summed E-state index contributed by atoms with van der Waals surface area (Å²) in [5, 5.41) is 10.2. The maximum Gasteiger partial charge on any atom is 0.274 e. The zero-order valence-electron chi connectivity index (χ0n) is 19.1. The summed E-state index contributed by atoms with van der Waals surface area (Å²) in [6.07, 6.45) is 12.3. The number of amides is 1. The second-order valence-corrected chi connectivity index (χ2v) is 8.42. The van der Waals surface area contributed by atoms with Crippen LogP contribution in [0.5, 0.6) is 0 Å². The molecule has 0 bridgehead atoms. The van der Waals surface area contributed by atoms with Crippen LogP contribution in [0, 0.1) is 0 Å². The highest BCUT2D eigenvalue weighted by atomic mass is 16.5. The Kier molecular flexibility index (Phi) is 6.93. The molecule has 0 aromatic carbocycles. The molecule has 10 nitrogen and oxygen atoms in total. The Balaban J connectivity index is 0.000000318. The lowest BCUT2D eigenvalue weighted by molar-refractivity contribution is 0.100. The molecule has 33 heavy (non-hydrogen) atoms. The first kappa shape index (κ1) is 22.8. The molecule has 0 radical (unpaired) electrons. The number of hydrogen-bond acceptors (Lipinski definition) is 7. The van der Waals surface area contributed by atoms with Gasteiger partial charge in [0.1, 0.15) is 22.9 Å². The maximum absolute atomic E-state index is 12.7. The van der Waals surface area contributed by atoms with Gasteiger partial charge in [0, 0.05) is 32.5 Å². The van der Waals surface area contributed by atoms with Gasteiger partial charge >= 0.3 is 0 Å². The standard InChI is InChI=1S/C17H19N7O2.C6H12O/c1-19-14-8-13(22-16-11(15(18)25)9-20-24(14)16)21-12-6-3-7-23(17(12)26)10-4-2-5-10;1-7-6-4-2-3-5-6/h3,6-10,19H,2,4-5H2,1H3,(H2,18,25)(H,21,22);6H,2-5H2,1H3. The first-order valence-electron chi connectivity index (χ1n) is 11.4. The maximum atomic E-state index is 12.7. The number of aromatic nitrogens is 4. The molecule has 0 saturated heterocycles. The van der Waals surface area contributed by atoms with Crippen LogP contribution < -0.4 is 21.9 Å². The fraction of sp³-hybridized carbons (Fsp3) is 0.478. The van der Waals surface area contributed by atoms with Crippen LogP contribution in [0.25, 0.3) is 5.65 Å². The van der Waals surface area contributed by atoms with E-state index < -0.39 is 5.91 Å². The van der Waals surface area contributed by atoms with Gasteiger partial charge < -0.3 is 25.7 Å². The van der Waals surface area contributed by atoms with Crippen LogP contribution in [0.2, 0.25) is 0 Å². The second kappa shape index (κ2) is 10.0. The molecule has 2 saturated carbocycles. The van der Waals surface area contributed by atoms with Gasteiger partial charge in [-0.15, -0.1) is 0 Å². The molecule has 0 spiro atoms. The molecular weight excluding hydrogens is 422 g/mol. The van der Waals surface area contributed by atoms with Gasteiger partial charge in [0.2, 0.25) is 0 Å². The van der Waals surface area contributed by atoms with Gasteiger partial charge in [0.25, 0.3) is 11.5 Å². The van der Waals surface area contributed by atoms with E-state index in [9.17, 15) is 9.59 Å². The molecule has 0 aliphatic heterocycles. The third kappa shape index (κ3) is 4.85. The fourth-order valence-corrected chi connectivity index (χ4v) is 4.20. The largest absolute Gasteiger partial charge is 0.381 e. The molecule has 176 valence electrons. The lowest BCUT2D eigenvalue weighted by Crippen LogP contribution is -2.29. The van der Waals surface area contributed by atoms with Crippen LogP contribution in [-0.2, 0) is 4.74 Å². The minimum absolute atomic E-state index is 0.0893. The van der Waals surface area contributed by atoms with Gasteiger partial charge in [-0.25, -0.2) is 4.98 Å². The highest BCUT2D eigenvalue weighted by Gasteiger charge is 2.21. The number of methoxy groups -OCH3 is 1. The van der Waals surface area contributed by atoms with Gasteiger partial charge in [-0.1, -0.05) is 12.8 Å². The number of nitrogens with one attached hydrogen (secondary N) is 2. The van der Waals surface area contributed by atoms with Crippen molar-refractivity contribution in [1.82, 2.24) is 19.2 Å². The van der Waals surface area contributed by atoms with E-state index in [4.69, 9.17) is 10.5 Å². The number of nitrogens with two attached hydrogens (primary N) is 1. The van der Waals surface area contributed by atoms with Crippen LogP contribution in [0.15, 0.2) is 35.4 Å². The highest BCUT2D eigenvalue weighted by Crippen LogP contribution is 2.30. The van der Waals surface area contributed by atoms with Crippen molar-refractivity contribution in [2.75, 3.05) is 24.8 Å². The fourth-order valence-electron chi connectivity index (χ4n) is 4.20. The Hall–Kier alpha value is -3.40. The van der Waals surface area contributed by atoms with E-state index in [0.717, 1.165) is 19.3 Å². The third-order valence-corrected chi connectivity index (χ3v) is 6.33. The molecule has 3 heterocycles. The van der Waals surface area contributed by atoms with Crippen molar-refractivity contribution < 1.29 is 9.53 Å². The van der Waals surface area contributed by atoms with Gasteiger partial charge in [0.05, 0.1) is 12.3 Å². The molecule has 1 amide bonds.